The Morgan fingerprint density at radius 2 is 1.97 bits per heavy atom. The van der Waals surface area contributed by atoms with Gasteiger partial charge in [0.15, 0.2) is 5.82 Å². The molecule has 0 saturated heterocycles. The van der Waals surface area contributed by atoms with E-state index in [-0.39, 0.29) is 0 Å². The van der Waals surface area contributed by atoms with Gasteiger partial charge in [-0.25, -0.2) is 9.97 Å². The van der Waals surface area contributed by atoms with Gasteiger partial charge in [0.25, 0.3) is 0 Å². The van der Waals surface area contributed by atoms with Gasteiger partial charge in [-0.3, -0.25) is 4.99 Å². The van der Waals surface area contributed by atoms with E-state index in [2.05, 4.69) is 47.4 Å². The van der Waals surface area contributed by atoms with Gasteiger partial charge in [-0.15, -0.1) is 0 Å². The van der Waals surface area contributed by atoms with Gasteiger partial charge < -0.3 is 10.2 Å². The van der Waals surface area contributed by atoms with E-state index in [1.165, 1.54) is 32.1 Å². The maximum absolute atomic E-state index is 4.99. The highest BCUT2D eigenvalue weighted by atomic mass is 15.1. The molecule has 1 heterocycles. The molecule has 0 radical (unpaired) electrons. The predicted octanol–water partition coefficient (Wildman–Crippen LogP) is 6.08. The van der Waals surface area contributed by atoms with Crippen LogP contribution in [0.2, 0.25) is 0 Å². The van der Waals surface area contributed by atoms with Crippen LogP contribution in [-0.2, 0) is 0 Å². The summed E-state index contributed by atoms with van der Waals surface area (Å²) in [5.74, 6) is 1.60. The Morgan fingerprint density at radius 1 is 1.19 bits per heavy atom. The highest BCUT2D eigenvalue weighted by molar-refractivity contribution is 6.11. The molecule has 1 aromatic carbocycles. The third-order valence-corrected chi connectivity index (χ3v) is 5.70. The molecule has 5 nitrogen and oxygen atoms in total. The van der Waals surface area contributed by atoms with Crippen LogP contribution in [0.15, 0.2) is 60.4 Å². The SMILES string of the molecule is C=C/C(=C\N(C)C)c1cccc(-c2ncc(/C(C=NC)=C/C)c(NC3CCCCC3)n2)c1. The molecule has 0 aliphatic heterocycles. The fourth-order valence-corrected chi connectivity index (χ4v) is 4.08. The van der Waals surface area contributed by atoms with E-state index in [0.29, 0.717) is 11.9 Å². The molecule has 0 unspecified atom stereocenters. The highest BCUT2D eigenvalue weighted by Crippen LogP contribution is 2.29. The largest absolute Gasteiger partial charge is 0.383 e. The Kier molecular flexibility index (Phi) is 8.37. The van der Waals surface area contributed by atoms with E-state index in [4.69, 9.17) is 9.97 Å². The van der Waals surface area contributed by atoms with Crippen molar-refractivity contribution in [2.24, 2.45) is 4.99 Å². The second kappa shape index (κ2) is 11.4. The molecule has 5 heteroatoms. The van der Waals surface area contributed by atoms with Crippen molar-refractivity contribution < 1.29 is 0 Å². The van der Waals surface area contributed by atoms with Crippen molar-refractivity contribution in [3.8, 4) is 11.4 Å². The summed E-state index contributed by atoms with van der Waals surface area (Å²) < 4.78 is 0. The van der Waals surface area contributed by atoms with Crippen LogP contribution in [0.4, 0.5) is 5.82 Å². The minimum atomic E-state index is 0.448. The Bertz CT molecular complexity index is 1010. The van der Waals surface area contributed by atoms with Crippen molar-refractivity contribution in [1.82, 2.24) is 14.9 Å². The molecule has 1 fully saturated rings. The molecule has 3 rings (SSSR count). The van der Waals surface area contributed by atoms with E-state index in [9.17, 15) is 0 Å². The molecular weight excluding hydrogens is 394 g/mol. The van der Waals surface area contributed by atoms with E-state index < -0.39 is 0 Å². The first kappa shape index (κ1) is 23.5. The monoisotopic (exact) mass is 429 g/mol. The molecule has 168 valence electrons. The van der Waals surface area contributed by atoms with Crippen molar-refractivity contribution in [3.63, 3.8) is 0 Å². The van der Waals surface area contributed by atoms with Gasteiger partial charge in [0.05, 0.1) is 0 Å². The van der Waals surface area contributed by atoms with Crippen molar-refractivity contribution in [3.05, 3.63) is 66.5 Å². The highest BCUT2D eigenvalue weighted by Gasteiger charge is 2.18. The number of rotatable bonds is 8. The Balaban J connectivity index is 2.03. The smallest absolute Gasteiger partial charge is 0.161 e. The van der Waals surface area contributed by atoms with Crippen LogP contribution in [0.3, 0.4) is 0 Å². The first-order valence-corrected chi connectivity index (χ1v) is 11.4. The lowest BCUT2D eigenvalue weighted by molar-refractivity contribution is 0.462. The summed E-state index contributed by atoms with van der Waals surface area (Å²) in [5, 5.41) is 3.72. The number of aromatic nitrogens is 2. The molecule has 32 heavy (non-hydrogen) atoms. The fourth-order valence-electron chi connectivity index (χ4n) is 4.08. The third kappa shape index (κ3) is 5.94. The average molecular weight is 430 g/mol. The van der Waals surface area contributed by atoms with Crippen molar-refractivity contribution in [1.29, 1.82) is 0 Å². The van der Waals surface area contributed by atoms with Gasteiger partial charge in [-0.2, -0.15) is 0 Å². The molecular formula is C27H35N5. The van der Waals surface area contributed by atoms with E-state index >= 15 is 0 Å². The van der Waals surface area contributed by atoms with Crippen LogP contribution >= 0.6 is 0 Å². The standard InChI is InChI=1S/C27H35N5/c1-6-20(17-28-3)25-18-29-26(31-27(25)30-24-14-9-8-10-15-24)23-13-11-12-22(16-23)21(7-2)19-32(4)5/h6-7,11-13,16-19,24H,2,8-10,14-15H2,1,3-5H3,(H,29,30,31)/b20-6+,21-19+,28-17?. The minimum absolute atomic E-state index is 0.448. The van der Waals surface area contributed by atoms with Gasteiger partial charge in [-0.05, 0) is 37.0 Å². The average Bonchev–Trinajstić information content (AvgIpc) is 2.82. The van der Waals surface area contributed by atoms with E-state index in [0.717, 1.165) is 33.7 Å². The lowest BCUT2D eigenvalue weighted by atomic mass is 9.95. The van der Waals surface area contributed by atoms with Gasteiger partial charge in [0.1, 0.15) is 5.82 Å². The topological polar surface area (TPSA) is 53.4 Å². The van der Waals surface area contributed by atoms with Crippen LogP contribution in [0.25, 0.3) is 22.5 Å². The molecule has 0 amide bonds. The summed E-state index contributed by atoms with van der Waals surface area (Å²) in [7, 11) is 5.81. The number of anilines is 1. The molecule has 1 aliphatic rings. The van der Waals surface area contributed by atoms with Crippen LogP contribution in [0.1, 0.15) is 50.2 Å². The van der Waals surface area contributed by atoms with Crippen molar-refractivity contribution in [2.75, 3.05) is 26.5 Å². The third-order valence-electron chi connectivity index (χ3n) is 5.70. The summed E-state index contributed by atoms with van der Waals surface area (Å²) >= 11 is 0. The Morgan fingerprint density at radius 3 is 2.62 bits per heavy atom. The van der Waals surface area contributed by atoms with Crippen LogP contribution in [0.5, 0.6) is 0 Å². The summed E-state index contributed by atoms with van der Waals surface area (Å²) in [4.78, 5) is 16.0. The minimum Gasteiger partial charge on any atom is -0.383 e. The maximum atomic E-state index is 4.99. The van der Waals surface area contributed by atoms with Crippen molar-refractivity contribution >= 4 is 23.2 Å². The molecule has 0 atom stereocenters. The molecule has 0 spiro atoms. The summed E-state index contributed by atoms with van der Waals surface area (Å²) in [6.45, 7) is 6.00. The second-order valence-electron chi connectivity index (χ2n) is 8.40. The Labute approximate surface area is 192 Å². The normalized spacial score (nSPS) is 15.8. The Hall–Kier alpha value is -3.21. The van der Waals surface area contributed by atoms with Crippen LogP contribution < -0.4 is 5.32 Å². The number of hydrogen-bond donors (Lipinski definition) is 1. The molecule has 1 N–H and O–H groups in total. The zero-order valence-corrected chi connectivity index (χ0v) is 19.8. The first-order chi connectivity index (χ1) is 15.5. The van der Waals surface area contributed by atoms with E-state index in [1.54, 1.807) is 7.05 Å². The van der Waals surface area contributed by atoms with Crippen molar-refractivity contribution in [2.45, 2.75) is 45.1 Å². The molecule has 0 bridgehead atoms. The quantitative estimate of drug-likeness (QED) is 0.408. The molecule has 1 aromatic heterocycles. The number of hydrogen-bond acceptors (Lipinski definition) is 5. The predicted molar refractivity (Wildman–Crippen MR) is 138 cm³/mol. The number of nitrogens with zero attached hydrogens (tertiary/aromatic N) is 4. The zero-order chi connectivity index (χ0) is 22.9. The zero-order valence-electron chi connectivity index (χ0n) is 19.8. The van der Waals surface area contributed by atoms with Gasteiger partial charge in [0.2, 0.25) is 0 Å². The summed E-state index contributed by atoms with van der Waals surface area (Å²) in [6.07, 6.45) is 16.0. The number of aliphatic imine (C=N–C) groups is 1. The first-order valence-electron chi connectivity index (χ1n) is 11.4. The van der Waals surface area contributed by atoms with E-state index in [1.807, 2.05) is 50.5 Å². The lowest BCUT2D eigenvalue weighted by Crippen LogP contribution is -2.24. The van der Waals surface area contributed by atoms with Crippen LogP contribution in [-0.4, -0.2) is 48.3 Å². The number of nitrogens with one attached hydrogen (secondary N) is 1. The second-order valence-corrected chi connectivity index (χ2v) is 8.40. The van der Waals surface area contributed by atoms with Crippen LogP contribution in [0, 0.1) is 0 Å². The fraction of sp³-hybridized carbons (Fsp3) is 0.370. The molecule has 1 saturated carbocycles. The van der Waals surface area contributed by atoms with Gasteiger partial charge >= 0.3 is 0 Å². The summed E-state index contributed by atoms with van der Waals surface area (Å²) in [5.41, 5.74) is 5.15. The maximum Gasteiger partial charge on any atom is 0.161 e. The molecule has 2 aromatic rings. The lowest BCUT2D eigenvalue weighted by Gasteiger charge is -2.24. The number of benzene rings is 1. The van der Waals surface area contributed by atoms with Gasteiger partial charge in [0, 0.05) is 62.5 Å². The molecule has 1 aliphatic carbocycles. The van der Waals surface area contributed by atoms with Gasteiger partial charge in [-0.1, -0.05) is 56.2 Å². The number of allylic oxidation sites excluding steroid dienone is 4. The summed E-state index contributed by atoms with van der Waals surface area (Å²) in [6, 6.07) is 8.77.